The molecule has 0 aliphatic heterocycles. The van der Waals surface area contributed by atoms with Crippen molar-refractivity contribution in [3.8, 4) is 0 Å². The number of aliphatic hydroxyl groups excluding tert-OH is 1. The number of rotatable bonds is 5. The Bertz CT molecular complexity index is 467. The van der Waals surface area contributed by atoms with Gasteiger partial charge in [-0.15, -0.1) is 0 Å². The molecule has 2 N–H and O–H groups in total. The number of nitrogens with one attached hydrogen (secondary N) is 1. The Morgan fingerprint density at radius 1 is 1.58 bits per heavy atom. The first-order chi connectivity index (χ1) is 9.10. The first kappa shape index (κ1) is 13.7. The van der Waals surface area contributed by atoms with Gasteiger partial charge < -0.3 is 15.2 Å². The highest BCUT2D eigenvalue weighted by molar-refractivity contribution is 5.90. The molecular weight excluding hydrogens is 246 g/mol. The van der Waals surface area contributed by atoms with Gasteiger partial charge in [-0.05, 0) is 33.1 Å². The minimum Gasteiger partial charge on any atom is -0.462 e. The fourth-order valence-electron chi connectivity index (χ4n) is 2.10. The number of nitrogens with zero attached hydrogens (tertiary/aromatic N) is 2. The molecule has 19 heavy (non-hydrogen) atoms. The van der Waals surface area contributed by atoms with Gasteiger partial charge in [0.2, 0.25) is 5.95 Å². The molecule has 0 unspecified atom stereocenters. The molecule has 1 fully saturated rings. The van der Waals surface area contributed by atoms with E-state index in [1.165, 1.54) is 6.20 Å². The Hall–Kier alpha value is -1.69. The molecule has 1 aromatic rings. The molecule has 1 aliphatic rings. The molecule has 1 heterocycles. The molecule has 6 heteroatoms. The molecule has 104 valence electrons. The van der Waals surface area contributed by atoms with Crippen LogP contribution in [0.1, 0.15) is 42.2 Å². The first-order valence-corrected chi connectivity index (χ1v) is 6.50. The van der Waals surface area contributed by atoms with Crippen LogP contribution in [-0.4, -0.2) is 39.8 Å². The van der Waals surface area contributed by atoms with Gasteiger partial charge in [-0.25, -0.2) is 14.8 Å². The fourth-order valence-corrected chi connectivity index (χ4v) is 2.10. The maximum Gasteiger partial charge on any atom is 0.341 e. The average Bonchev–Trinajstić information content (AvgIpc) is 2.34. The van der Waals surface area contributed by atoms with E-state index in [0.717, 1.165) is 19.3 Å². The van der Waals surface area contributed by atoms with Crippen molar-refractivity contribution in [3.05, 3.63) is 17.5 Å². The third-order valence-corrected chi connectivity index (χ3v) is 3.46. The number of carbonyl (C=O) groups is 1. The number of aryl methyl sites for hydroxylation is 1. The van der Waals surface area contributed by atoms with Crippen LogP contribution in [0, 0.1) is 6.92 Å². The quantitative estimate of drug-likeness (QED) is 0.780. The second kappa shape index (κ2) is 5.52. The number of esters is 1. The van der Waals surface area contributed by atoms with Crippen LogP contribution in [0.4, 0.5) is 5.95 Å². The third-order valence-electron chi connectivity index (χ3n) is 3.46. The van der Waals surface area contributed by atoms with E-state index in [9.17, 15) is 9.90 Å². The van der Waals surface area contributed by atoms with Crippen molar-refractivity contribution in [2.45, 2.75) is 38.6 Å². The molecular formula is C13H19N3O3. The number of carbonyl (C=O) groups excluding carboxylic acids is 1. The van der Waals surface area contributed by atoms with Gasteiger partial charge in [-0.1, -0.05) is 0 Å². The van der Waals surface area contributed by atoms with Crippen LogP contribution >= 0.6 is 0 Å². The zero-order valence-corrected chi connectivity index (χ0v) is 11.3. The summed E-state index contributed by atoms with van der Waals surface area (Å²) >= 11 is 0. The number of anilines is 1. The predicted octanol–water partition coefficient (Wildman–Crippen LogP) is 1.29. The maximum atomic E-state index is 11.6. The Morgan fingerprint density at radius 3 is 2.79 bits per heavy atom. The highest BCUT2D eigenvalue weighted by Crippen LogP contribution is 2.33. The zero-order chi connectivity index (χ0) is 13.9. The molecule has 6 nitrogen and oxygen atoms in total. The van der Waals surface area contributed by atoms with Crippen LogP contribution in [0.2, 0.25) is 0 Å². The third kappa shape index (κ3) is 2.84. The van der Waals surface area contributed by atoms with E-state index in [1.54, 1.807) is 13.8 Å². The summed E-state index contributed by atoms with van der Waals surface area (Å²) in [6.45, 7) is 3.89. The number of aliphatic hydroxyl groups is 1. The molecule has 0 spiro atoms. The van der Waals surface area contributed by atoms with Crippen molar-refractivity contribution in [1.82, 2.24) is 9.97 Å². The molecule has 0 amide bonds. The molecule has 0 bridgehead atoms. The van der Waals surface area contributed by atoms with Crippen LogP contribution < -0.4 is 5.32 Å². The van der Waals surface area contributed by atoms with E-state index in [4.69, 9.17) is 4.74 Å². The van der Waals surface area contributed by atoms with Gasteiger partial charge in [0, 0.05) is 6.20 Å². The van der Waals surface area contributed by atoms with Crippen LogP contribution in [0.25, 0.3) is 0 Å². The van der Waals surface area contributed by atoms with E-state index in [2.05, 4.69) is 15.3 Å². The lowest BCUT2D eigenvalue weighted by atomic mass is 9.77. The van der Waals surface area contributed by atoms with Gasteiger partial charge in [-0.3, -0.25) is 0 Å². The summed E-state index contributed by atoms with van der Waals surface area (Å²) in [6.07, 6.45) is 4.37. The Kier molecular flexibility index (Phi) is 3.99. The summed E-state index contributed by atoms with van der Waals surface area (Å²) in [7, 11) is 0. The molecule has 0 radical (unpaired) electrons. The van der Waals surface area contributed by atoms with Crippen molar-refractivity contribution in [3.63, 3.8) is 0 Å². The summed E-state index contributed by atoms with van der Waals surface area (Å²) in [4.78, 5) is 20.0. The van der Waals surface area contributed by atoms with Gasteiger partial charge in [0.05, 0.1) is 30.0 Å². The molecule has 0 atom stereocenters. The zero-order valence-electron chi connectivity index (χ0n) is 11.3. The number of ether oxygens (including phenoxy) is 1. The summed E-state index contributed by atoms with van der Waals surface area (Å²) in [5, 5.41) is 12.5. The van der Waals surface area contributed by atoms with Crippen molar-refractivity contribution in [2.24, 2.45) is 0 Å². The largest absolute Gasteiger partial charge is 0.462 e. The average molecular weight is 265 g/mol. The predicted molar refractivity (Wildman–Crippen MR) is 70.0 cm³/mol. The SMILES string of the molecule is CCOC(=O)c1cnc(NC2(CO)CCC2)nc1C. The van der Waals surface area contributed by atoms with Gasteiger partial charge >= 0.3 is 5.97 Å². The van der Waals surface area contributed by atoms with Crippen LogP contribution in [0.15, 0.2) is 6.20 Å². The smallest absolute Gasteiger partial charge is 0.341 e. The molecule has 2 rings (SSSR count). The fraction of sp³-hybridized carbons (Fsp3) is 0.615. The minimum absolute atomic E-state index is 0.0645. The van der Waals surface area contributed by atoms with Crippen LogP contribution in [-0.2, 0) is 4.74 Å². The normalized spacial score (nSPS) is 16.6. The van der Waals surface area contributed by atoms with E-state index in [-0.39, 0.29) is 12.1 Å². The lowest BCUT2D eigenvalue weighted by Crippen LogP contribution is -2.48. The molecule has 0 saturated heterocycles. The van der Waals surface area contributed by atoms with E-state index < -0.39 is 5.97 Å². The van der Waals surface area contributed by atoms with Crippen LogP contribution in [0.3, 0.4) is 0 Å². The second-order valence-electron chi connectivity index (χ2n) is 4.83. The number of hydrogen-bond donors (Lipinski definition) is 2. The lowest BCUT2D eigenvalue weighted by molar-refractivity contribution is 0.0524. The van der Waals surface area contributed by atoms with Crippen LogP contribution in [0.5, 0.6) is 0 Å². The Labute approximate surface area is 112 Å². The molecule has 0 aromatic carbocycles. The Balaban J connectivity index is 2.12. The molecule has 1 aliphatic carbocycles. The van der Waals surface area contributed by atoms with Gasteiger partial charge in [0.15, 0.2) is 0 Å². The van der Waals surface area contributed by atoms with Crippen molar-refractivity contribution >= 4 is 11.9 Å². The maximum absolute atomic E-state index is 11.6. The Morgan fingerprint density at radius 2 is 2.32 bits per heavy atom. The van der Waals surface area contributed by atoms with E-state index in [1.807, 2.05) is 0 Å². The van der Waals surface area contributed by atoms with Gasteiger partial charge in [0.25, 0.3) is 0 Å². The summed E-state index contributed by atoms with van der Waals surface area (Å²) in [5.74, 6) is 0.0337. The molecule has 1 aromatic heterocycles. The summed E-state index contributed by atoms with van der Waals surface area (Å²) < 4.78 is 4.92. The van der Waals surface area contributed by atoms with E-state index >= 15 is 0 Å². The van der Waals surface area contributed by atoms with Gasteiger partial charge in [-0.2, -0.15) is 0 Å². The lowest BCUT2D eigenvalue weighted by Gasteiger charge is -2.40. The second-order valence-corrected chi connectivity index (χ2v) is 4.83. The van der Waals surface area contributed by atoms with E-state index in [0.29, 0.717) is 23.8 Å². The standard InChI is InChI=1S/C13H19N3O3/c1-3-19-11(18)10-7-14-12(15-9(10)2)16-13(8-17)5-4-6-13/h7,17H,3-6,8H2,1-2H3,(H,14,15,16). The number of hydrogen-bond acceptors (Lipinski definition) is 6. The summed E-state index contributed by atoms with van der Waals surface area (Å²) in [6, 6.07) is 0. The van der Waals surface area contributed by atoms with Crippen molar-refractivity contribution < 1.29 is 14.6 Å². The van der Waals surface area contributed by atoms with Crippen molar-refractivity contribution in [2.75, 3.05) is 18.5 Å². The van der Waals surface area contributed by atoms with Crippen molar-refractivity contribution in [1.29, 1.82) is 0 Å². The summed E-state index contributed by atoms with van der Waals surface area (Å²) in [5.41, 5.74) is 0.653. The first-order valence-electron chi connectivity index (χ1n) is 6.50. The molecule has 1 saturated carbocycles. The highest BCUT2D eigenvalue weighted by Gasteiger charge is 2.37. The monoisotopic (exact) mass is 265 g/mol. The topological polar surface area (TPSA) is 84.3 Å². The highest BCUT2D eigenvalue weighted by atomic mass is 16.5. The minimum atomic E-state index is -0.410. The van der Waals surface area contributed by atoms with Gasteiger partial charge in [0.1, 0.15) is 0 Å². The number of aromatic nitrogens is 2.